The zero-order valence-corrected chi connectivity index (χ0v) is 13.3. The highest BCUT2D eigenvalue weighted by atomic mass is 32.1. The van der Waals surface area contributed by atoms with E-state index in [4.69, 9.17) is 0 Å². The number of thiophene rings is 1. The van der Waals surface area contributed by atoms with Gasteiger partial charge in [0.15, 0.2) is 5.82 Å². The number of benzene rings is 1. The van der Waals surface area contributed by atoms with Gasteiger partial charge in [-0.3, -0.25) is 4.79 Å². The summed E-state index contributed by atoms with van der Waals surface area (Å²) >= 11 is 1.46. The number of nitrogens with one attached hydrogen (secondary N) is 1. The number of hydrogen-bond acceptors (Lipinski definition) is 4. The monoisotopic (exact) mass is 328 g/mol. The fraction of sp³-hybridized carbons (Fsp3) is 0.188. The Balaban J connectivity index is 2.08. The van der Waals surface area contributed by atoms with Gasteiger partial charge in [-0.05, 0) is 41.1 Å². The Morgan fingerprint density at radius 2 is 2.00 bits per heavy atom. The first kappa shape index (κ1) is 14.1. The molecule has 0 amide bonds. The van der Waals surface area contributed by atoms with Crippen LogP contribution in [0.15, 0.2) is 34.4 Å². The minimum Gasteiger partial charge on any atom is -0.268 e. The van der Waals surface area contributed by atoms with Gasteiger partial charge in [-0.1, -0.05) is 13.8 Å². The summed E-state index contributed by atoms with van der Waals surface area (Å²) in [5.74, 6) is 0.721. The van der Waals surface area contributed by atoms with Crippen molar-refractivity contribution >= 4 is 27.3 Å². The van der Waals surface area contributed by atoms with Gasteiger partial charge in [0.1, 0.15) is 10.6 Å². The molecule has 3 heterocycles. The third-order valence-corrected chi connectivity index (χ3v) is 4.72. The quantitative estimate of drug-likeness (QED) is 0.612. The van der Waals surface area contributed by atoms with Gasteiger partial charge in [0, 0.05) is 5.56 Å². The standard InChI is InChI=1S/C16H13FN4OS/c1-8(2)11-7-23-14-12(11)15(22)21-13(19-20-16(21)18-14)9-3-5-10(17)6-4-9/h3-8H,1-2H3,(H,18,20). The molecule has 0 bridgehead atoms. The number of rotatable bonds is 2. The maximum absolute atomic E-state index is 13.1. The van der Waals surface area contributed by atoms with Crippen LogP contribution in [0, 0.1) is 5.82 Å². The molecule has 3 aromatic heterocycles. The van der Waals surface area contributed by atoms with Crippen molar-refractivity contribution in [2.45, 2.75) is 19.8 Å². The summed E-state index contributed by atoms with van der Waals surface area (Å²) in [4.78, 5) is 18.2. The molecule has 4 rings (SSSR count). The van der Waals surface area contributed by atoms with Crippen LogP contribution in [0.5, 0.6) is 0 Å². The Morgan fingerprint density at radius 3 is 2.70 bits per heavy atom. The molecule has 0 spiro atoms. The van der Waals surface area contributed by atoms with Gasteiger partial charge < -0.3 is 0 Å². The Hall–Kier alpha value is -2.54. The zero-order chi connectivity index (χ0) is 16.1. The molecule has 0 fully saturated rings. The number of hydrogen-bond donors (Lipinski definition) is 1. The third-order valence-electron chi connectivity index (χ3n) is 3.83. The molecule has 0 atom stereocenters. The first-order valence-electron chi connectivity index (χ1n) is 7.20. The minimum absolute atomic E-state index is 0.150. The van der Waals surface area contributed by atoms with Crippen LogP contribution >= 0.6 is 11.3 Å². The van der Waals surface area contributed by atoms with Gasteiger partial charge in [-0.25, -0.2) is 18.9 Å². The van der Waals surface area contributed by atoms with Gasteiger partial charge in [0.25, 0.3) is 5.56 Å². The summed E-state index contributed by atoms with van der Waals surface area (Å²) < 4.78 is 14.6. The maximum Gasteiger partial charge on any atom is 0.269 e. The van der Waals surface area contributed by atoms with Crippen LogP contribution in [-0.2, 0) is 0 Å². The number of fused-ring (bicyclic) bond motifs is 2. The van der Waals surface area contributed by atoms with Crippen molar-refractivity contribution in [3.8, 4) is 11.4 Å². The number of aromatic nitrogens is 4. The Kier molecular flexibility index (Phi) is 3.05. The van der Waals surface area contributed by atoms with Crippen molar-refractivity contribution in [1.82, 2.24) is 19.6 Å². The van der Waals surface area contributed by atoms with Crippen LogP contribution in [0.3, 0.4) is 0 Å². The first-order valence-corrected chi connectivity index (χ1v) is 8.08. The van der Waals surface area contributed by atoms with E-state index in [-0.39, 0.29) is 17.3 Å². The van der Waals surface area contributed by atoms with Crippen molar-refractivity contribution in [1.29, 1.82) is 0 Å². The first-order chi connectivity index (χ1) is 11.1. The smallest absolute Gasteiger partial charge is 0.268 e. The van der Waals surface area contributed by atoms with Crippen LogP contribution < -0.4 is 5.56 Å². The second kappa shape index (κ2) is 4.99. The van der Waals surface area contributed by atoms with Gasteiger partial charge in [-0.15, -0.1) is 11.3 Å². The highest BCUT2D eigenvalue weighted by molar-refractivity contribution is 7.16. The topological polar surface area (TPSA) is 63.1 Å². The van der Waals surface area contributed by atoms with E-state index in [9.17, 15) is 9.18 Å². The van der Waals surface area contributed by atoms with Crippen LogP contribution in [0.2, 0.25) is 0 Å². The van der Waals surface area contributed by atoms with E-state index in [2.05, 4.69) is 15.2 Å². The Bertz CT molecular complexity index is 1080. The zero-order valence-electron chi connectivity index (χ0n) is 12.5. The highest BCUT2D eigenvalue weighted by Crippen LogP contribution is 2.28. The summed E-state index contributed by atoms with van der Waals surface area (Å²) in [7, 11) is 0. The van der Waals surface area contributed by atoms with Crippen LogP contribution in [0.1, 0.15) is 25.3 Å². The number of nitrogens with zero attached hydrogens (tertiary/aromatic N) is 3. The lowest BCUT2D eigenvalue weighted by Crippen LogP contribution is -2.15. The predicted molar refractivity (Wildman–Crippen MR) is 88.5 cm³/mol. The van der Waals surface area contributed by atoms with Crippen molar-refractivity contribution in [2.24, 2.45) is 0 Å². The lowest BCUT2D eigenvalue weighted by atomic mass is 10.0. The third kappa shape index (κ3) is 2.08. The molecule has 0 saturated carbocycles. The molecular formula is C16H13FN4OS. The van der Waals surface area contributed by atoms with E-state index in [0.29, 0.717) is 27.4 Å². The second-order valence-electron chi connectivity index (χ2n) is 5.66. The normalized spacial score (nSPS) is 11.8. The molecule has 0 aliphatic heterocycles. The van der Waals surface area contributed by atoms with Gasteiger partial charge >= 0.3 is 0 Å². The van der Waals surface area contributed by atoms with E-state index >= 15 is 0 Å². The summed E-state index contributed by atoms with van der Waals surface area (Å²) in [6, 6.07) is 5.88. The summed E-state index contributed by atoms with van der Waals surface area (Å²) in [5, 5.41) is 9.59. The van der Waals surface area contributed by atoms with Crippen molar-refractivity contribution in [3.05, 3.63) is 51.4 Å². The largest absolute Gasteiger partial charge is 0.269 e. The molecule has 7 heteroatoms. The summed E-state index contributed by atoms with van der Waals surface area (Å²) in [6.07, 6.45) is 0. The molecule has 0 saturated heterocycles. The molecule has 0 aliphatic rings. The van der Waals surface area contributed by atoms with Crippen LogP contribution in [0.25, 0.3) is 27.4 Å². The summed E-state index contributed by atoms with van der Waals surface area (Å²) in [6.45, 7) is 4.10. The van der Waals surface area contributed by atoms with E-state index in [1.807, 2.05) is 19.2 Å². The minimum atomic E-state index is -0.332. The van der Waals surface area contributed by atoms with Crippen LogP contribution in [0.4, 0.5) is 4.39 Å². The molecule has 0 unspecified atom stereocenters. The Morgan fingerprint density at radius 1 is 1.26 bits per heavy atom. The highest BCUT2D eigenvalue weighted by Gasteiger charge is 2.18. The fourth-order valence-electron chi connectivity index (χ4n) is 2.65. The molecular weight excluding hydrogens is 315 g/mol. The van der Waals surface area contributed by atoms with E-state index in [0.717, 1.165) is 5.56 Å². The number of halogens is 1. The van der Waals surface area contributed by atoms with Crippen LogP contribution in [-0.4, -0.2) is 19.6 Å². The maximum atomic E-state index is 13.1. The van der Waals surface area contributed by atoms with Crippen molar-refractivity contribution < 1.29 is 4.39 Å². The lowest BCUT2D eigenvalue weighted by molar-refractivity contribution is 0.628. The molecule has 4 aromatic rings. The summed E-state index contributed by atoms with van der Waals surface area (Å²) in [5.41, 5.74) is 1.49. The lowest BCUT2D eigenvalue weighted by Gasteiger charge is -2.03. The SMILES string of the molecule is CC(C)c1csc2nc3[nH]nc(-c4ccc(F)cc4)n3c(=O)c12. The van der Waals surface area contributed by atoms with Gasteiger partial charge in [-0.2, -0.15) is 5.10 Å². The molecule has 116 valence electrons. The van der Waals surface area contributed by atoms with E-state index < -0.39 is 0 Å². The van der Waals surface area contributed by atoms with Crippen molar-refractivity contribution in [2.75, 3.05) is 0 Å². The van der Waals surface area contributed by atoms with E-state index in [1.165, 1.54) is 27.9 Å². The molecule has 1 aromatic carbocycles. The molecule has 23 heavy (non-hydrogen) atoms. The van der Waals surface area contributed by atoms with Crippen molar-refractivity contribution in [3.63, 3.8) is 0 Å². The van der Waals surface area contributed by atoms with Gasteiger partial charge in [0.05, 0.1) is 5.39 Å². The molecule has 0 radical (unpaired) electrons. The average Bonchev–Trinajstić information content (AvgIpc) is 3.13. The number of aromatic amines is 1. The molecule has 5 nitrogen and oxygen atoms in total. The second-order valence-corrected chi connectivity index (χ2v) is 6.51. The Labute approximate surface area is 134 Å². The molecule has 1 N–H and O–H groups in total. The predicted octanol–water partition coefficient (Wildman–Crippen LogP) is 3.56. The van der Waals surface area contributed by atoms with Gasteiger partial charge in [0.2, 0.25) is 5.78 Å². The number of H-pyrrole nitrogens is 1. The average molecular weight is 328 g/mol. The molecule has 0 aliphatic carbocycles. The van der Waals surface area contributed by atoms with E-state index in [1.54, 1.807) is 12.1 Å². The fourth-order valence-corrected chi connectivity index (χ4v) is 3.74.